The van der Waals surface area contributed by atoms with Gasteiger partial charge in [0, 0.05) is 29.4 Å². The van der Waals surface area contributed by atoms with Gasteiger partial charge in [-0.05, 0) is 12.6 Å². The topological polar surface area (TPSA) is 78.9 Å². The first-order valence-corrected chi connectivity index (χ1v) is 11.9. The van der Waals surface area contributed by atoms with E-state index in [1.165, 1.54) is 78.6 Å². The number of rotatable bonds is 17. The summed E-state index contributed by atoms with van der Waals surface area (Å²) in [5.41, 5.74) is -1.92. The maximum Gasteiger partial charge on any atom is 0.436 e. The molecule has 0 spiro atoms. The Morgan fingerprint density at radius 3 is 1.25 bits per heavy atom. The van der Waals surface area contributed by atoms with Gasteiger partial charge in [0.2, 0.25) is 0 Å². The molecule has 0 N–H and O–H groups in total. The van der Waals surface area contributed by atoms with Gasteiger partial charge in [-0.1, -0.05) is 77.6 Å². The van der Waals surface area contributed by atoms with Gasteiger partial charge in [-0.15, -0.1) is 0 Å². The average Bonchev–Trinajstić information content (AvgIpc) is 2.57. The molecule has 0 aliphatic heterocycles. The molecule has 6 nitrogen and oxygen atoms in total. The van der Waals surface area contributed by atoms with Crippen LogP contribution < -0.4 is 0 Å². The highest BCUT2D eigenvalue weighted by molar-refractivity contribution is 7.39. The van der Waals surface area contributed by atoms with Crippen LogP contribution in [0.4, 0.5) is 0 Å². The highest BCUT2D eigenvalue weighted by atomic mass is 31.1. The normalized spacial score (nSPS) is 11.6. The number of ether oxygens (including phenoxy) is 3. The van der Waals surface area contributed by atoms with Crippen molar-refractivity contribution in [2.24, 2.45) is 0 Å². The van der Waals surface area contributed by atoms with E-state index in [-0.39, 0.29) is 8.58 Å². The monoisotopic (exact) mass is 418 g/mol. The standard InChI is InChI=1S/C21H39O6P/c1-5-6-7-8-9-10-11-12-13-14-15-16-17-28-21(25-18(2)22,26-19(3)23)27-20(4)24/h28H,5-17H2,1-4H3. The Balaban J connectivity index is 3.99. The molecule has 0 aromatic rings. The summed E-state index contributed by atoms with van der Waals surface area (Å²) in [4.78, 5) is 34.1. The first-order valence-electron chi connectivity index (χ1n) is 10.6. The van der Waals surface area contributed by atoms with E-state index in [4.69, 9.17) is 14.2 Å². The first-order chi connectivity index (χ1) is 13.3. The third-order valence-corrected chi connectivity index (χ3v) is 5.55. The second-order valence-electron chi connectivity index (χ2n) is 7.15. The minimum absolute atomic E-state index is 0.146. The van der Waals surface area contributed by atoms with E-state index in [0.29, 0.717) is 6.16 Å². The van der Waals surface area contributed by atoms with E-state index in [0.717, 1.165) is 19.3 Å². The number of unbranched alkanes of at least 4 members (excludes halogenated alkanes) is 11. The fourth-order valence-corrected chi connectivity index (χ4v) is 4.33. The summed E-state index contributed by atoms with van der Waals surface area (Å²) in [5.74, 6) is -1.99. The van der Waals surface area contributed by atoms with Crippen LogP contribution in [-0.4, -0.2) is 29.8 Å². The molecule has 0 amide bonds. The Labute approximate surface area is 172 Å². The second-order valence-corrected chi connectivity index (χ2v) is 8.62. The van der Waals surface area contributed by atoms with Gasteiger partial charge in [0.15, 0.2) is 0 Å². The molecule has 0 aliphatic carbocycles. The molecular formula is C21H39O6P. The van der Waals surface area contributed by atoms with Crippen molar-refractivity contribution >= 4 is 26.5 Å². The molecule has 0 saturated carbocycles. The summed E-state index contributed by atoms with van der Waals surface area (Å²) in [6.45, 7) is 5.81. The molecule has 0 radical (unpaired) electrons. The maximum atomic E-state index is 11.4. The smallest absolute Gasteiger partial charge is 0.385 e. The van der Waals surface area contributed by atoms with Crippen molar-refractivity contribution in [3.8, 4) is 0 Å². The fraction of sp³-hybridized carbons (Fsp3) is 0.857. The molecule has 0 aliphatic rings. The summed E-state index contributed by atoms with van der Waals surface area (Å²) >= 11 is 0. The van der Waals surface area contributed by atoms with Crippen molar-refractivity contribution in [2.45, 2.75) is 110 Å². The Kier molecular flexibility index (Phi) is 16.1. The first kappa shape index (κ1) is 26.8. The largest absolute Gasteiger partial charge is 0.436 e. The van der Waals surface area contributed by atoms with Gasteiger partial charge in [0.1, 0.15) is 0 Å². The Morgan fingerprint density at radius 1 is 0.607 bits per heavy atom. The van der Waals surface area contributed by atoms with Crippen LogP contribution in [0.1, 0.15) is 105 Å². The van der Waals surface area contributed by atoms with Crippen molar-refractivity contribution in [1.82, 2.24) is 0 Å². The highest BCUT2D eigenvalue weighted by Crippen LogP contribution is 2.37. The Morgan fingerprint density at radius 2 is 0.929 bits per heavy atom. The van der Waals surface area contributed by atoms with Gasteiger partial charge >= 0.3 is 23.6 Å². The third-order valence-electron chi connectivity index (χ3n) is 4.21. The lowest BCUT2D eigenvalue weighted by molar-refractivity contribution is -0.277. The zero-order chi connectivity index (χ0) is 21.3. The van der Waals surface area contributed by atoms with E-state index >= 15 is 0 Å². The highest BCUT2D eigenvalue weighted by Gasteiger charge is 2.41. The van der Waals surface area contributed by atoms with Gasteiger partial charge < -0.3 is 14.2 Å². The van der Waals surface area contributed by atoms with Crippen LogP contribution in [0, 0.1) is 0 Å². The fourth-order valence-electron chi connectivity index (χ4n) is 2.95. The van der Waals surface area contributed by atoms with Gasteiger partial charge in [0.05, 0.1) is 0 Å². The molecule has 1 atom stereocenters. The summed E-state index contributed by atoms with van der Waals surface area (Å²) in [7, 11) is -0.146. The zero-order valence-electron chi connectivity index (χ0n) is 18.1. The molecule has 0 bridgehead atoms. The van der Waals surface area contributed by atoms with Crippen molar-refractivity contribution in [1.29, 1.82) is 0 Å². The van der Waals surface area contributed by atoms with Crippen LogP contribution in [0.5, 0.6) is 0 Å². The van der Waals surface area contributed by atoms with Crippen LogP contribution >= 0.6 is 8.58 Å². The molecular weight excluding hydrogens is 379 g/mol. The second kappa shape index (κ2) is 16.8. The van der Waals surface area contributed by atoms with Crippen molar-refractivity contribution < 1.29 is 28.6 Å². The van der Waals surface area contributed by atoms with E-state index in [2.05, 4.69) is 6.92 Å². The molecule has 28 heavy (non-hydrogen) atoms. The molecule has 0 fully saturated rings. The van der Waals surface area contributed by atoms with E-state index < -0.39 is 23.6 Å². The van der Waals surface area contributed by atoms with Gasteiger partial charge in [-0.3, -0.25) is 14.4 Å². The Bertz CT molecular complexity index is 411. The van der Waals surface area contributed by atoms with Crippen molar-refractivity contribution in [2.75, 3.05) is 6.16 Å². The van der Waals surface area contributed by atoms with E-state index in [1.807, 2.05) is 0 Å². The minimum atomic E-state index is -1.92. The molecule has 0 aromatic heterocycles. The zero-order valence-corrected chi connectivity index (χ0v) is 19.1. The van der Waals surface area contributed by atoms with Crippen molar-refractivity contribution in [3.05, 3.63) is 0 Å². The van der Waals surface area contributed by atoms with Crippen LogP contribution in [0.3, 0.4) is 0 Å². The number of hydrogen-bond acceptors (Lipinski definition) is 6. The number of hydrogen-bond donors (Lipinski definition) is 0. The third kappa shape index (κ3) is 15.9. The summed E-state index contributed by atoms with van der Waals surface area (Å²) in [5, 5.41) is 0. The number of esters is 3. The molecule has 7 heteroatoms. The molecule has 0 saturated heterocycles. The quantitative estimate of drug-likeness (QED) is 0.131. The van der Waals surface area contributed by atoms with Crippen molar-refractivity contribution in [3.63, 3.8) is 0 Å². The van der Waals surface area contributed by atoms with Gasteiger partial charge in [0.25, 0.3) is 0 Å². The Hall–Kier alpha value is -1.16. The molecule has 0 rings (SSSR count). The lowest BCUT2D eigenvalue weighted by atomic mass is 10.1. The molecule has 164 valence electrons. The lowest BCUT2D eigenvalue weighted by Crippen LogP contribution is -2.39. The average molecular weight is 419 g/mol. The summed E-state index contributed by atoms with van der Waals surface area (Å²) in [6.07, 6.45) is 15.6. The number of carbonyl (C=O) groups excluding carboxylic acids is 3. The van der Waals surface area contributed by atoms with Crippen LogP contribution in [0.25, 0.3) is 0 Å². The summed E-state index contributed by atoms with van der Waals surface area (Å²) < 4.78 is 15.2. The minimum Gasteiger partial charge on any atom is -0.385 e. The van der Waals surface area contributed by atoms with Crippen LogP contribution in [-0.2, 0) is 28.6 Å². The number of carbonyl (C=O) groups is 3. The molecule has 1 unspecified atom stereocenters. The van der Waals surface area contributed by atoms with E-state index in [9.17, 15) is 14.4 Å². The van der Waals surface area contributed by atoms with Crippen LogP contribution in [0.15, 0.2) is 0 Å². The maximum absolute atomic E-state index is 11.4. The molecule has 0 aromatic carbocycles. The summed E-state index contributed by atoms with van der Waals surface area (Å²) in [6, 6.07) is 0. The lowest BCUT2D eigenvalue weighted by Gasteiger charge is -2.30. The van der Waals surface area contributed by atoms with Gasteiger partial charge in [-0.2, -0.15) is 0 Å². The van der Waals surface area contributed by atoms with Gasteiger partial charge in [-0.25, -0.2) is 0 Å². The predicted octanol–water partition coefficient (Wildman–Crippen LogP) is 5.67. The van der Waals surface area contributed by atoms with E-state index in [1.54, 1.807) is 0 Å². The SMILES string of the molecule is CCCCCCCCCCCCCCPC(OC(C)=O)(OC(C)=O)OC(C)=O. The van der Waals surface area contributed by atoms with Crippen LogP contribution in [0.2, 0.25) is 0 Å². The predicted molar refractivity (Wildman–Crippen MR) is 112 cm³/mol. The molecule has 0 heterocycles.